The van der Waals surface area contributed by atoms with Crippen LogP contribution in [0.3, 0.4) is 0 Å². The second-order valence-corrected chi connectivity index (χ2v) is 4.54. The Morgan fingerprint density at radius 3 is 2.80 bits per heavy atom. The Kier molecular flexibility index (Phi) is 5.09. The number of nitrogens with zero attached hydrogens (tertiary/aromatic N) is 1. The molecule has 1 saturated heterocycles. The first kappa shape index (κ1) is 12.5. The van der Waals surface area contributed by atoms with E-state index in [1.165, 1.54) is 25.7 Å². The summed E-state index contributed by atoms with van der Waals surface area (Å²) in [5.74, 6) is 1.09. The predicted molar refractivity (Wildman–Crippen MR) is 62.7 cm³/mol. The maximum Gasteiger partial charge on any atom is 0.239 e. The molecule has 2 unspecified atom stereocenters. The van der Waals surface area contributed by atoms with Crippen LogP contribution in [0.1, 0.15) is 39.5 Å². The van der Waals surface area contributed by atoms with Crippen LogP contribution in [0.2, 0.25) is 0 Å². The van der Waals surface area contributed by atoms with Crippen molar-refractivity contribution in [3.05, 3.63) is 0 Å². The lowest BCUT2D eigenvalue weighted by molar-refractivity contribution is -0.132. The van der Waals surface area contributed by atoms with Crippen LogP contribution in [0, 0.1) is 5.92 Å². The lowest BCUT2D eigenvalue weighted by Crippen LogP contribution is -2.44. The van der Waals surface area contributed by atoms with Crippen molar-refractivity contribution >= 4 is 5.91 Å². The van der Waals surface area contributed by atoms with Gasteiger partial charge in [-0.05, 0) is 39.2 Å². The molecule has 0 aromatic rings. The number of carbonyl (C=O) groups is 1. The molecule has 1 amide bonds. The Labute approximate surface area is 93.2 Å². The minimum Gasteiger partial charge on any atom is -0.341 e. The van der Waals surface area contributed by atoms with Gasteiger partial charge < -0.3 is 10.2 Å². The second kappa shape index (κ2) is 6.11. The van der Waals surface area contributed by atoms with E-state index >= 15 is 0 Å². The van der Waals surface area contributed by atoms with Gasteiger partial charge >= 0.3 is 0 Å². The zero-order chi connectivity index (χ0) is 11.3. The van der Waals surface area contributed by atoms with Gasteiger partial charge in [-0.1, -0.05) is 13.3 Å². The second-order valence-electron chi connectivity index (χ2n) is 4.54. The quantitative estimate of drug-likeness (QED) is 0.771. The number of amides is 1. The van der Waals surface area contributed by atoms with Crippen LogP contribution in [0.25, 0.3) is 0 Å². The van der Waals surface area contributed by atoms with Crippen LogP contribution in [-0.2, 0) is 4.79 Å². The molecule has 3 nitrogen and oxygen atoms in total. The highest BCUT2D eigenvalue weighted by atomic mass is 16.2. The monoisotopic (exact) mass is 212 g/mol. The number of nitrogens with one attached hydrogen (secondary N) is 1. The highest BCUT2D eigenvalue weighted by Crippen LogP contribution is 2.20. The van der Waals surface area contributed by atoms with Crippen molar-refractivity contribution in [3.8, 4) is 0 Å². The smallest absolute Gasteiger partial charge is 0.239 e. The van der Waals surface area contributed by atoms with Crippen LogP contribution in [0.4, 0.5) is 0 Å². The number of hydrogen-bond acceptors (Lipinski definition) is 2. The summed E-state index contributed by atoms with van der Waals surface area (Å²) in [6, 6.07) is -0.0387. The molecule has 1 rings (SSSR count). The van der Waals surface area contributed by atoms with Crippen LogP contribution >= 0.6 is 0 Å². The van der Waals surface area contributed by atoms with Crippen molar-refractivity contribution in [1.82, 2.24) is 10.2 Å². The Balaban J connectivity index is 2.46. The topological polar surface area (TPSA) is 32.3 Å². The molecule has 1 fully saturated rings. The Hall–Kier alpha value is -0.570. The molecule has 0 aliphatic carbocycles. The van der Waals surface area contributed by atoms with Gasteiger partial charge in [0.25, 0.3) is 0 Å². The summed E-state index contributed by atoms with van der Waals surface area (Å²) in [6.45, 7) is 6.08. The molecule has 0 saturated carbocycles. The Morgan fingerprint density at radius 2 is 2.20 bits per heavy atom. The summed E-state index contributed by atoms with van der Waals surface area (Å²) in [7, 11) is 1.84. The van der Waals surface area contributed by atoms with Crippen molar-refractivity contribution in [2.75, 3.05) is 20.1 Å². The molecule has 1 aliphatic heterocycles. The van der Waals surface area contributed by atoms with Gasteiger partial charge in [-0.3, -0.25) is 4.79 Å². The summed E-state index contributed by atoms with van der Waals surface area (Å²) in [4.78, 5) is 14.0. The van der Waals surface area contributed by atoms with Crippen LogP contribution < -0.4 is 5.32 Å². The summed E-state index contributed by atoms with van der Waals surface area (Å²) < 4.78 is 0. The van der Waals surface area contributed by atoms with Gasteiger partial charge in [0.05, 0.1) is 6.04 Å². The number of likely N-dealkylation sites (N-methyl/N-ethyl adjacent to an activating group) is 1. The van der Waals surface area contributed by atoms with Gasteiger partial charge in [0.15, 0.2) is 0 Å². The van der Waals surface area contributed by atoms with E-state index in [9.17, 15) is 4.79 Å². The molecule has 0 aromatic carbocycles. The lowest BCUT2D eigenvalue weighted by atomic mass is 9.98. The Bertz CT molecular complexity index is 206. The molecule has 1 heterocycles. The Morgan fingerprint density at radius 1 is 1.47 bits per heavy atom. The third kappa shape index (κ3) is 3.49. The molecule has 0 bridgehead atoms. The molecule has 88 valence electrons. The SMILES string of the molecule is CCC1CCCN(C(=O)C(C)NC)CC1. The average Bonchev–Trinajstić information content (AvgIpc) is 2.51. The van der Waals surface area contributed by atoms with Crippen molar-refractivity contribution in [3.63, 3.8) is 0 Å². The van der Waals surface area contributed by atoms with Crippen molar-refractivity contribution < 1.29 is 4.79 Å². The fourth-order valence-corrected chi connectivity index (χ4v) is 2.19. The highest BCUT2D eigenvalue weighted by molar-refractivity contribution is 5.81. The molecule has 0 spiro atoms. The van der Waals surface area contributed by atoms with Crippen molar-refractivity contribution in [2.24, 2.45) is 5.92 Å². The van der Waals surface area contributed by atoms with Crippen LogP contribution in [0.15, 0.2) is 0 Å². The molecular weight excluding hydrogens is 188 g/mol. The zero-order valence-corrected chi connectivity index (χ0v) is 10.3. The van der Waals surface area contributed by atoms with E-state index in [2.05, 4.69) is 12.2 Å². The normalized spacial score (nSPS) is 24.7. The van der Waals surface area contributed by atoms with E-state index in [0.717, 1.165) is 19.0 Å². The lowest BCUT2D eigenvalue weighted by Gasteiger charge is -2.24. The molecular formula is C12H24N2O. The third-order valence-electron chi connectivity index (χ3n) is 3.54. The predicted octanol–water partition coefficient (Wildman–Crippen LogP) is 1.63. The van der Waals surface area contributed by atoms with Gasteiger partial charge in [-0.15, -0.1) is 0 Å². The first-order valence-corrected chi connectivity index (χ1v) is 6.15. The number of hydrogen-bond donors (Lipinski definition) is 1. The van der Waals surface area contributed by atoms with Crippen molar-refractivity contribution in [1.29, 1.82) is 0 Å². The first-order chi connectivity index (χ1) is 7.19. The van der Waals surface area contributed by atoms with E-state index in [4.69, 9.17) is 0 Å². The molecule has 0 aromatic heterocycles. The summed E-state index contributed by atoms with van der Waals surface area (Å²) in [5, 5.41) is 3.02. The number of likely N-dealkylation sites (tertiary alicyclic amines) is 1. The van der Waals surface area contributed by atoms with E-state index in [-0.39, 0.29) is 11.9 Å². The first-order valence-electron chi connectivity index (χ1n) is 6.15. The molecule has 1 N–H and O–H groups in total. The fourth-order valence-electron chi connectivity index (χ4n) is 2.19. The molecule has 15 heavy (non-hydrogen) atoms. The van der Waals surface area contributed by atoms with E-state index in [1.54, 1.807) is 0 Å². The van der Waals surface area contributed by atoms with E-state index in [1.807, 2.05) is 18.9 Å². The summed E-state index contributed by atoms with van der Waals surface area (Å²) >= 11 is 0. The standard InChI is InChI=1S/C12H24N2O/c1-4-11-6-5-8-14(9-7-11)12(15)10(2)13-3/h10-11,13H,4-9H2,1-3H3. The zero-order valence-electron chi connectivity index (χ0n) is 10.3. The summed E-state index contributed by atoms with van der Waals surface area (Å²) in [5.41, 5.74) is 0. The number of carbonyl (C=O) groups excluding carboxylic acids is 1. The van der Waals surface area contributed by atoms with Gasteiger partial charge in [0.2, 0.25) is 5.91 Å². The van der Waals surface area contributed by atoms with Gasteiger partial charge in [0.1, 0.15) is 0 Å². The minimum atomic E-state index is -0.0387. The largest absolute Gasteiger partial charge is 0.341 e. The number of rotatable bonds is 3. The summed E-state index contributed by atoms with van der Waals surface area (Å²) in [6.07, 6.45) is 4.89. The minimum absolute atomic E-state index is 0.0387. The van der Waals surface area contributed by atoms with E-state index < -0.39 is 0 Å². The molecule has 0 radical (unpaired) electrons. The van der Waals surface area contributed by atoms with Crippen LogP contribution in [0.5, 0.6) is 0 Å². The third-order valence-corrected chi connectivity index (χ3v) is 3.54. The average molecular weight is 212 g/mol. The van der Waals surface area contributed by atoms with Gasteiger partial charge in [0, 0.05) is 13.1 Å². The van der Waals surface area contributed by atoms with Gasteiger partial charge in [-0.2, -0.15) is 0 Å². The maximum atomic E-state index is 11.9. The van der Waals surface area contributed by atoms with Gasteiger partial charge in [-0.25, -0.2) is 0 Å². The van der Waals surface area contributed by atoms with Crippen molar-refractivity contribution in [2.45, 2.75) is 45.6 Å². The maximum absolute atomic E-state index is 11.9. The fraction of sp³-hybridized carbons (Fsp3) is 0.917. The highest BCUT2D eigenvalue weighted by Gasteiger charge is 2.22. The molecule has 1 aliphatic rings. The molecule has 2 atom stereocenters. The van der Waals surface area contributed by atoms with Crippen LogP contribution in [-0.4, -0.2) is 37.0 Å². The van der Waals surface area contributed by atoms with E-state index in [0.29, 0.717) is 0 Å². The molecule has 3 heteroatoms.